The second-order valence-electron chi connectivity index (χ2n) is 5.04. The van der Waals surface area contributed by atoms with Gasteiger partial charge >= 0.3 is 0 Å². The molecule has 1 aliphatic heterocycles. The summed E-state index contributed by atoms with van der Waals surface area (Å²) in [5, 5.41) is 2.96. The summed E-state index contributed by atoms with van der Waals surface area (Å²) in [6.45, 7) is 4.83. The van der Waals surface area contributed by atoms with E-state index < -0.39 is 0 Å². The zero-order chi connectivity index (χ0) is 13.8. The molecule has 0 radical (unpaired) electrons. The summed E-state index contributed by atoms with van der Waals surface area (Å²) in [7, 11) is 0. The van der Waals surface area contributed by atoms with Crippen LogP contribution in [0.3, 0.4) is 0 Å². The van der Waals surface area contributed by atoms with Gasteiger partial charge < -0.3 is 14.8 Å². The quantitative estimate of drug-likeness (QED) is 0.856. The Morgan fingerprint density at radius 1 is 1.53 bits per heavy atom. The van der Waals surface area contributed by atoms with Crippen LogP contribution in [0.1, 0.15) is 26.7 Å². The monoisotopic (exact) mass is 264 g/mol. The molecule has 0 aliphatic carbocycles. The van der Waals surface area contributed by atoms with Crippen LogP contribution in [0.25, 0.3) is 0 Å². The van der Waals surface area contributed by atoms with Gasteiger partial charge in [0.05, 0.1) is 6.33 Å². The number of carbonyl (C=O) groups excluding carboxylic acids is 2. The van der Waals surface area contributed by atoms with E-state index in [0.717, 1.165) is 12.8 Å². The van der Waals surface area contributed by atoms with E-state index in [1.54, 1.807) is 17.4 Å². The van der Waals surface area contributed by atoms with Gasteiger partial charge in [-0.15, -0.1) is 0 Å². The van der Waals surface area contributed by atoms with Crippen LogP contribution < -0.4 is 5.32 Å². The van der Waals surface area contributed by atoms with Gasteiger partial charge in [-0.25, -0.2) is 4.98 Å². The van der Waals surface area contributed by atoms with E-state index >= 15 is 0 Å². The number of hydrogen-bond acceptors (Lipinski definition) is 3. The number of nitrogens with zero attached hydrogens (tertiary/aromatic N) is 3. The zero-order valence-electron chi connectivity index (χ0n) is 11.4. The van der Waals surface area contributed by atoms with Crippen molar-refractivity contribution >= 4 is 11.8 Å². The predicted octanol–water partition coefficient (Wildman–Crippen LogP) is 0.399. The number of nitrogens with one attached hydrogen (secondary N) is 1. The lowest BCUT2D eigenvalue weighted by Gasteiger charge is -2.24. The summed E-state index contributed by atoms with van der Waals surface area (Å²) in [6, 6.07) is -0.293. The van der Waals surface area contributed by atoms with E-state index in [1.165, 1.54) is 6.92 Å². The molecule has 2 rings (SSSR count). The number of likely N-dealkylation sites (tertiary alicyclic amines) is 1. The summed E-state index contributed by atoms with van der Waals surface area (Å²) >= 11 is 0. The molecule has 6 heteroatoms. The number of hydrogen-bond donors (Lipinski definition) is 1. The molecule has 2 amide bonds. The molecule has 1 fully saturated rings. The molecule has 1 saturated heterocycles. The highest BCUT2D eigenvalue weighted by Crippen LogP contribution is 2.17. The lowest BCUT2D eigenvalue weighted by molar-refractivity contribution is -0.137. The fourth-order valence-electron chi connectivity index (χ4n) is 2.51. The number of carbonyl (C=O) groups is 2. The highest BCUT2D eigenvalue weighted by atomic mass is 16.2. The summed E-state index contributed by atoms with van der Waals surface area (Å²) < 4.78 is 1.92. The Morgan fingerprint density at radius 2 is 2.32 bits per heavy atom. The molecule has 1 aromatic rings. The van der Waals surface area contributed by atoms with E-state index in [4.69, 9.17) is 0 Å². The first-order valence-electron chi connectivity index (χ1n) is 6.61. The van der Waals surface area contributed by atoms with Gasteiger partial charge in [-0.1, -0.05) is 0 Å². The smallest absolute Gasteiger partial charge is 0.243 e. The van der Waals surface area contributed by atoms with Gasteiger partial charge in [-0.2, -0.15) is 0 Å². The van der Waals surface area contributed by atoms with Crippen molar-refractivity contribution < 1.29 is 9.59 Å². The molecular formula is C13H20N4O2. The van der Waals surface area contributed by atoms with Crippen molar-refractivity contribution in [3.8, 4) is 0 Å². The number of imidazole rings is 1. The lowest BCUT2D eigenvalue weighted by atomic mass is 10.2. The molecule has 0 spiro atoms. The van der Waals surface area contributed by atoms with E-state index in [9.17, 15) is 9.59 Å². The first kappa shape index (κ1) is 13.6. The van der Waals surface area contributed by atoms with Crippen LogP contribution >= 0.6 is 0 Å². The highest BCUT2D eigenvalue weighted by Gasteiger charge is 2.32. The van der Waals surface area contributed by atoms with Crippen LogP contribution in [0.5, 0.6) is 0 Å². The molecule has 2 heterocycles. The first-order chi connectivity index (χ1) is 9.08. The average Bonchev–Trinajstić information content (AvgIpc) is 2.97. The Labute approximate surface area is 112 Å². The van der Waals surface area contributed by atoms with Crippen LogP contribution in [0.15, 0.2) is 18.7 Å². The third kappa shape index (κ3) is 3.33. The summed E-state index contributed by atoms with van der Waals surface area (Å²) in [4.78, 5) is 29.2. The third-order valence-corrected chi connectivity index (χ3v) is 3.39. The standard InChI is InChI=1S/C13H20N4O2/c1-10(8-16-7-5-14-9-16)15-13(19)12-4-3-6-17(12)11(2)18/h5,7,9-10,12H,3-4,6,8H2,1-2H3,(H,15,19)/t10?,12-/m0/s1. The Hall–Kier alpha value is -1.85. The van der Waals surface area contributed by atoms with Crippen molar-refractivity contribution in [2.24, 2.45) is 0 Å². The second-order valence-corrected chi connectivity index (χ2v) is 5.04. The Bertz CT molecular complexity index is 444. The van der Waals surface area contributed by atoms with Crippen molar-refractivity contribution in [1.82, 2.24) is 19.8 Å². The number of rotatable bonds is 4. The molecule has 1 aromatic heterocycles. The maximum atomic E-state index is 12.2. The fraction of sp³-hybridized carbons (Fsp3) is 0.615. The van der Waals surface area contributed by atoms with Gasteiger partial charge in [-0.05, 0) is 19.8 Å². The zero-order valence-corrected chi connectivity index (χ0v) is 11.4. The first-order valence-corrected chi connectivity index (χ1v) is 6.61. The van der Waals surface area contributed by atoms with Crippen molar-refractivity contribution in [1.29, 1.82) is 0 Å². The maximum Gasteiger partial charge on any atom is 0.243 e. The Balaban J connectivity index is 1.88. The SMILES string of the molecule is CC(=O)N1CCC[C@H]1C(=O)NC(C)Cn1ccnc1. The summed E-state index contributed by atoms with van der Waals surface area (Å²) in [5.74, 6) is -0.0831. The van der Waals surface area contributed by atoms with Gasteiger partial charge in [0.2, 0.25) is 11.8 Å². The topological polar surface area (TPSA) is 67.2 Å². The highest BCUT2D eigenvalue weighted by molar-refractivity contribution is 5.87. The van der Waals surface area contributed by atoms with Gasteiger partial charge in [0, 0.05) is 38.4 Å². The Kier molecular flexibility index (Phi) is 4.19. The third-order valence-electron chi connectivity index (χ3n) is 3.39. The predicted molar refractivity (Wildman–Crippen MR) is 70.2 cm³/mol. The van der Waals surface area contributed by atoms with E-state index in [1.807, 2.05) is 17.7 Å². The lowest BCUT2D eigenvalue weighted by Crippen LogP contribution is -2.48. The fourth-order valence-corrected chi connectivity index (χ4v) is 2.51. The molecule has 2 atom stereocenters. The van der Waals surface area contributed by atoms with Gasteiger partial charge in [0.25, 0.3) is 0 Å². The molecule has 0 bridgehead atoms. The van der Waals surface area contributed by atoms with Crippen molar-refractivity contribution in [2.45, 2.75) is 45.3 Å². The number of aromatic nitrogens is 2. The summed E-state index contributed by atoms with van der Waals surface area (Å²) in [6.07, 6.45) is 6.94. The van der Waals surface area contributed by atoms with Crippen LogP contribution in [-0.2, 0) is 16.1 Å². The molecule has 1 N–H and O–H groups in total. The van der Waals surface area contributed by atoms with E-state index in [-0.39, 0.29) is 23.9 Å². The molecule has 1 aliphatic rings. The van der Waals surface area contributed by atoms with Crippen LogP contribution in [-0.4, -0.2) is 44.9 Å². The van der Waals surface area contributed by atoms with E-state index in [2.05, 4.69) is 10.3 Å². The van der Waals surface area contributed by atoms with Gasteiger partial charge in [0.15, 0.2) is 0 Å². The van der Waals surface area contributed by atoms with Crippen LogP contribution in [0.4, 0.5) is 0 Å². The second kappa shape index (κ2) is 5.86. The minimum absolute atomic E-state index is 0.0103. The van der Waals surface area contributed by atoms with Gasteiger partial charge in [-0.3, -0.25) is 9.59 Å². The molecule has 0 saturated carbocycles. The van der Waals surface area contributed by atoms with Crippen molar-refractivity contribution in [3.05, 3.63) is 18.7 Å². The van der Waals surface area contributed by atoms with Crippen molar-refractivity contribution in [3.63, 3.8) is 0 Å². The minimum Gasteiger partial charge on any atom is -0.350 e. The van der Waals surface area contributed by atoms with Crippen LogP contribution in [0, 0.1) is 0 Å². The largest absolute Gasteiger partial charge is 0.350 e. The molecule has 6 nitrogen and oxygen atoms in total. The molecule has 1 unspecified atom stereocenters. The molecule has 104 valence electrons. The van der Waals surface area contributed by atoms with Crippen molar-refractivity contribution in [2.75, 3.05) is 6.54 Å². The molecular weight excluding hydrogens is 244 g/mol. The molecule has 0 aromatic carbocycles. The van der Waals surface area contributed by atoms with Gasteiger partial charge in [0.1, 0.15) is 6.04 Å². The molecule has 19 heavy (non-hydrogen) atoms. The van der Waals surface area contributed by atoms with E-state index in [0.29, 0.717) is 13.1 Å². The Morgan fingerprint density at radius 3 is 2.95 bits per heavy atom. The normalized spacial score (nSPS) is 20.3. The number of amides is 2. The minimum atomic E-state index is -0.303. The summed E-state index contributed by atoms with van der Waals surface area (Å²) in [5.41, 5.74) is 0. The maximum absolute atomic E-state index is 12.2. The van der Waals surface area contributed by atoms with Crippen LogP contribution in [0.2, 0.25) is 0 Å². The average molecular weight is 264 g/mol.